The van der Waals surface area contributed by atoms with Crippen LogP contribution in [0.25, 0.3) is 0 Å². The molecule has 2 rings (SSSR count). The highest BCUT2D eigenvalue weighted by Crippen LogP contribution is 2.23. The lowest BCUT2D eigenvalue weighted by Gasteiger charge is -2.00. The minimum atomic E-state index is 0.464. The Morgan fingerprint density at radius 3 is 2.85 bits per heavy atom. The van der Waals surface area contributed by atoms with Gasteiger partial charge in [-0.05, 0) is 19.8 Å². The number of epoxide rings is 1. The summed E-state index contributed by atoms with van der Waals surface area (Å²) in [5, 5.41) is 5.06. The van der Waals surface area contributed by atoms with E-state index in [1.54, 1.807) is 0 Å². The average molecular weight is 201 g/mol. The third-order valence-electron chi connectivity index (χ3n) is 2.37. The third-order valence-corrected chi connectivity index (χ3v) is 2.86. The van der Waals surface area contributed by atoms with Gasteiger partial charge in [-0.25, -0.2) is 0 Å². The van der Waals surface area contributed by atoms with Gasteiger partial charge in [0.15, 0.2) is 0 Å². The van der Waals surface area contributed by atoms with Gasteiger partial charge in [0.05, 0.1) is 29.1 Å². The molecule has 1 aliphatic heterocycles. The predicted octanol–water partition coefficient (Wildman–Crippen LogP) is 1.71. The molecule has 1 saturated heterocycles. The Labute approximate surface area is 82.6 Å². The van der Waals surface area contributed by atoms with Gasteiger partial charge in [0.1, 0.15) is 0 Å². The Kier molecular flexibility index (Phi) is 2.30. The summed E-state index contributed by atoms with van der Waals surface area (Å²) in [6.07, 6.45) is 2.48. The molecule has 1 fully saturated rings. The fraction of sp³-hybridized carbons (Fsp3) is 0.667. The van der Waals surface area contributed by atoms with E-state index in [4.69, 9.17) is 16.3 Å². The second-order valence-electron chi connectivity index (χ2n) is 3.46. The SMILES string of the molecule is Cc1nn(C)c(CCC2CO2)c1Cl. The van der Waals surface area contributed by atoms with Gasteiger partial charge in [-0.15, -0.1) is 0 Å². The maximum absolute atomic E-state index is 6.09. The van der Waals surface area contributed by atoms with Gasteiger partial charge in [-0.3, -0.25) is 4.68 Å². The second kappa shape index (κ2) is 3.31. The number of halogens is 1. The predicted molar refractivity (Wildman–Crippen MR) is 51.0 cm³/mol. The highest BCUT2D eigenvalue weighted by atomic mass is 35.5. The van der Waals surface area contributed by atoms with Crippen molar-refractivity contribution < 1.29 is 4.74 Å². The first kappa shape index (κ1) is 9.03. The molecular weight excluding hydrogens is 188 g/mol. The number of nitrogens with zero attached hydrogens (tertiary/aromatic N) is 2. The molecule has 1 unspecified atom stereocenters. The van der Waals surface area contributed by atoms with E-state index in [1.165, 1.54) is 0 Å². The molecule has 72 valence electrons. The van der Waals surface area contributed by atoms with Crippen molar-refractivity contribution in [3.8, 4) is 0 Å². The molecule has 1 aliphatic rings. The monoisotopic (exact) mass is 200 g/mol. The van der Waals surface area contributed by atoms with Crippen LogP contribution in [0.1, 0.15) is 17.8 Å². The van der Waals surface area contributed by atoms with E-state index in [0.717, 1.165) is 35.9 Å². The van der Waals surface area contributed by atoms with Crippen LogP contribution in [-0.2, 0) is 18.2 Å². The Bertz CT molecular complexity index is 318. The lowest BCUT2D eigenvalue weighted by Crippen LogP contribution is -2.00. The number of hydrogen-bond donors (Lipinski definition) is 0. The van der Waals surface area contributed by atoms with Crippen LogP contribution in [0, 0.1) is 6.92 Å². The molecule has 1 aromatic rings. The van der Waals surface area contributed by atoms with Gasteiger partial charge in [-0.2, -0.15) is 5.10 Å². The van der Waals surface area contributed by atoms with Crippen LogP contribution < -0.4 is 0 Å². The Hall–Kier alpha value is -0.540. The first-order valence-corrected chi connectivity index (χ1v) is 4.86. The summed E-state index contributed by atoms with van der Waals surface area (Å²) in [6, 6.07) is 0. The summed E-state index contributed by atoms with van der Waals surface area (Å²) >= 11 is 6.09. The van der Waals surface area contributed by atoms with Gasteiger partial charge in [0.2, 0.25) is 0 Å². The maximum Gasteiger partial charge on any atom is 0.0846 e. The fourth-order valence-electron chi connectivity index (χ4n) is 1.48. The number of ether oxygens (including phenoxy) is 1. The lowest BCUT2D eigenvalue weighted by atomic mass is 10.2. The van der Waals surface area contributed by atoms with Crippen LogP contribution in [0.3, 0.4) is 0 Å². The van der Waals surface area contributed by atoms with E-state index in [0.29, 0.717) is 6.10 Å². The van der Waals surface area contributed by atoms with Gasteiger partial charge >= 0.3 is 0 Å². The molecule has 0 spiro atoms. The van der Waals surface area contributed by atoms with E-state index in [9.17, 15) is 0 Å². The molecule has 0 aliphatic carbocycles. The molecule has 0 amide bonds. The summed E-state index contributed by atoms with van der Waals surface area (Å²) in [5.41, 5.74) is 2.03. The molecule has 1 atom stereocenters. The number of aromatic nitrogens is 2. The highest BCUT2D eigenvalue weighted by Gasteiger charge is 2.23. The van der Waals surface area contributed by atoms with Gasteiger partial charge in [0, 0.05) is 7.05 Å². The maximum atomic E-state index is 6.09. The minimum absolute atomic E-state index is 0.464. The summed E-state index contributed by atoms with van der Waals surface area (Å²) in [5.74, 6) is 0. The molecule has 0 saturated carbocycles. The topological polar surface area (TPSA) is 30.4 Å². The number of aryl methyl sites for hydroxylation is 2. The molecule has 0 bridgehead atoms. The molecule has 2 heterocycles. The van der Waals surface area contributed by atoms with Crippen LogP contribution in [0.2, 0.25) is 5.02 Å². The van der Waals surface area contributed by atoms with E-state index in [-0.39, 0.29) is 0 Å². The number of hydrogen-bond acceptors (Lipinski definition) is 2. The van der Waals surface area contributed by atoms with Gasteiger partial charge in [-0.1, -0.05) is 11.6 Å². The minimum Gasteiger partial charge on any atom is -0.373 e. The molecule has 4 heteroatoms. The summed E-state index contributed by atoms with van der Waals surface area (Å²) in [4.78, 5) is 0. The van der Waals surface area contributed by atoms with Crippen molar-refractivity contribution in [3.05, 3.63) is 16.4 Å². The Balaban J connectivity index is 2.08. The first-order chi connectivity index (χ1) is 6.18. The average Bonchev–Trinajstić information content (AvgIpc) is 2.84. The summed E-state index contributed by atoms with van der Waals surface area (Å²) in [7, 11) is 1.93. The van der Waals surface area contributed by atoms with E-state index >= 15 is 0 Å². The van der Waals surface area contributed by atoms with Gasteiger partial charge < -0.3 is 4.74 Å². The van der Waals surface area contributed by atoms with E-state index in [1.807, 2.05) is 18.7 Å². The molecule has 0 aromatic carbocycles. The summed E-state index contributed by atoms with van der Waals surface area (Å²) in [6.45, 7) is 2.84. The van der Waals surface area contributed by atoms with Crippen molar-refractivity contribution in [1.29, 1.82) is 0 Å². The highest BCUT2D eigenvalue weighted by molar-refractivity contribution is 6.31. The summed E-state index contributed by atoms with van der Waals surface area (Å²) < 4.78 is 7.01. The zero-order chi connectivity index (χ0) is 9.42. The van der Waals surface area contributed by atoms with Crippen molar-refractivity contribution in [2.75, 3.05) is 6.61 Å². The second-order valence-corrected chi connectivity index (χ2v) is 3.84. The molecule has 1 aromatic heterocycles. The standard InChI is InChI=1S/C9H13ClN2O/c1-6-9(10)8(12(2)11-6)4-3-7-5-13-7/h7H,3-5H2,1-2H3. The number of rotatable bonds is 3. The zero-order valence-corrected chi connectivity index (χ0v) is 8.64. The molecular formula is C9H13ClN2O. The van der Waals surface area contributed by atoms with Crippen molar-refractivity contribution in [3.63, 3.8) is 0 Å². The lowest BCUT2D eigenvalue weighted by molar-refractivity contribution is 0.395. The quantitative estimate of drug-likeness (QED) is 0.696. The van der Waals surface area contributed by atoms with Crippen LogP contribution in [-0.4, -0.2) is 22.5 Å². The third kappa shape index (κ3) is 1.86. The molecule has 13 heavy (non-hydrogen) atoms. The Morgan fingerprint density at radius 1 is 1.69 bits per heavy atom. The van der Waals surface area contributed by atoms with Crippen molar-refractivity contribution >= 4 is 11.6 Å². The normalized spacial score (nSPS) is 20.7. The van der Waals surface area contributed by atoms with Crippen LogP contribution in [0.5, 0.6) is 0 Å². The van der Waals surface area contributed by atoms with Crippen molar-refractivity contribution in [2.45, 2.75) is 25.9 Å². The molecule has 3 nitrogen and oxygen atoms in total. The molecule has 0 N–H and O–H groups in total. The van der Waals surface area contributed by atoms with Crippen LogP contribution in [0.15, 0.2) is 0 Å². The van der Waals surface area contributed by atoms with E-state index in [2.05, 4.69) is 5.10 Å². The van der Waals surface area contributed by atoms with Gasteiger partial charge in [0.25, 0.3) is 0 Å². The van der Waals surface area contributed by atoms with Crippen LogP contribution in [0.4, 0.5) is 0 Å². The fourth-order valence-corrected chi connectivity index (χ4v) is 1.74. The zero-order valence-electron chi connectivity index (χ0n) is 7.88. The largest absolute Gasteiger partial charge is 0.373 e. The molecule has 0 radical (unpaired) electrons. The van der Waals surface area contributed by atoms with Crippen molar-refractivity contribution in [2.24, 2.45) is 7.05 Å². The smallest absolute Gasteiger partial charge is 0.0846 e. The Morgan fingerprint density at radius 2 is 2.38 bits per heavy atom. The van der Waals surface area contributed by atoms with Crippen LogP contribution >= 0.6 is 11.6 Å². The van der Waals surface area contributed by atoms with E-state index < -0.39 is 0 Å². The first-order valence-electron chi connectivity index (χ1n) is 4.48. The van der Waals surface area contributed by atoms with Crippen molar-refractivity contribution in [1.82, 2.24) is 9.78 Å².